The maximum Gasteiger partial charge on any atom is 0.172 e. The van der Waals surface area contributed by atoms with Gasteiger partial charge in [0.2, 0.25) is 0 Å². The maximum atomic E-state index is 10.5. The van der Waals surface area contributed by atoms with Crippen molar-refractivity contribution in [3.8, 4) is 11.5 Å². The monoisotopic (exact) mass is 398 g/mol. The lowest BCUT2D eigenvalue weighted by atomic mass is 9.89. The Bertz CT molecular complexity index is 460. The summed E-state index contributed by atoms with van der Waals surface area (Å²) in [6, 6.07) is 0. The summed E-state index contributed by atoms with van der Waals surface area (Å²) in [5.74, 6) is 0.135. The molecule has 2 nitrogen and oxygen atoms in total. The van der Waals surface area contributed by atoms with E-state index in [1.165, 1.54) is 36.8 Å². The molecule has 0 radical (unpaired) electrons. The largest absolute Gasteiger partial charge is 0.504 e. The van der Waals surface area contributed by atoms with Crippen LogP contribution in [0.15, 0.2) is 4.47 Å². The zero-order chi connectivity index (χ0) is 17.9. The minimum atomic E-state index is 0.0345. The molecule has 0 spiro atoms. The van der Waals surface area contributed by atoms with Crippen LogP contribution in [0.3, 0.4) is 0 Å². The highest BCUT2D eigenvalue weighted by atomic mass is 79.9. The van der Waals surface area contributed by atoms with Gasteiger partial charge in [-0.25, -0.2) is 0 Å². The van der Waals surface area contributed by atoms with E-state index in [1.54, 1.807) is 0 Å². The average Bonchev–Trinajstić information content (AvgIpc) is 2.58. The van der Waals surface area contributed by atoms with Crippen LogP contribution in [0, 0.1) is 0 Å². The number of unbranched alkanes of at least 4 members (excludes halogenated alkanes) is 6. The molecule has 0 aliphatic heterocycles. The first-order chi connectivity index (χ1) is 11.6. The van der Waals surface area contributed by atoms with E-state index in [4.69, 9.17) is 0 Å². The van der Waals surface area contributed by atoms with Crippen LogP contribution in [0.5, 0.6) is 11.5 Å². The van der Waals surface area contributed by atoms with Gasteiger partial charge in [0, 0.05) is 5.56 Å². The van der Waals surface area contributed by atoms with Gasteiger partial charge in [0.25, 0.3) is 0 Å². The molecule has 2 N–H and O–H groups in total. The molecule has 1 aromatic rings. The summed E-state index contributed by atoms with van der Waals surface area (Å²) >= 11 is 3.55. The highest BCUT2D eigenvalue weighted by Crippen LogP contribution is 2.43. The third-order valence-electron chi connectivity index (χ3n) is 4.80. The van der Waals surface area contributed by atoms with Crippen molar-refractivity contribution >= 4 is 15.9 Å². The normalized spacial score (nSPS) is 11.2. The minimum Gasteiger partial charge on any atom is -0.504 e. The van der Waals surface area contributed by atoms with Crippen molar-refractivity contribution in [1.29, 1.82) is 0 Å². The Hall–Kier alpha value is -0.700. The number of hydrogen-bond donors (Lipinski definition) is 2. The highest BCUT2D eigenvalue weighted by molar-refractivity contribution is 9.10. The Morgan fingerprint density at radius 1 is 0.583 bits per heavy atom. The second-order valence-corrected chi connectivity index (χ2v) is 7.61. The number of phenolic OH excluding ortho intramolecular Hbond substituents is 2. The Morgan fingerprint density at radius 2 is 1.00 bits per heavy atom. The molecule has 0 aliphatic rings. The quantitative estimate of drug-likeness (QED) is 0.292. The summed E-state index contributed by atoms with van der Waals surface area (Å²) in [5.41, 5.74) is 3.51. The van der Waals surface area contributed by atoms with Crippen molar-refractivity contribution in [2.45, 2.75) is 97.8 Å². The summed E-state index contributed by atoms with van der Waals surface area (Å²) in [6.07, 6.45) is 13.3. The first kappa shape index (κ1) is 21.3. The lowest BCUT2D eigenvalue weighted by molar-refractivity contribution is 0.394. The highest BCUT2D eigenvalue weighted by Gasteiger charge is 2.21. The van der Waals surface area contributed by atoms with Crippen molar-refractivity contribution in [3.05, 3.63) is 21.2 Å². The second-order valence-electron chi connectivity index (χ2n) is 6.82. The van der Waals surface area contributed by atoms with E-state index in [0.29, 0.717) is 4.47 Å². The minimum absolute atomic E-state index is 0.0345. The summed E-state index contributed by atoms with van der Waals surface area (Å²) in [5, 5.41) is 20.9. The molecule has 0 aliphatic carbocycles. The average molecular weight is 399 g/mol. The number of halogens is 1. The Labute approximate surface area is 156 Å². The van der Waals surface area contributed by atoms with Crippen molar-refractivity contribution in [3.63, 3.8) is 0 Å². The molecule has 0 bridgehead atoms. The summed E-state index contributed by atoms with van der Waals surface area (Å²) in [4.78, 5) is 0. The van der Waals surface area contributed by atoms with E-state index in [-0.39, 0.29) is 11.5 Å². The van der Waals surface area contributed by atoms with E-state index in [2.05, 4.69) is 36.7 Å². The number of phenols is 2. The van der Waals surface area contributed by atoms with E-state index >= 15 is 0 Å². The topological polar surface area (TPSA) is 40.5 Å². The van der Waals surface area contributed by atoms with Crippen molar-refractivity contribution in [2.75, 3.05) is 0 Å². The molecule has 0 aromatic heterocycles. The van der Waals surface area contributed by atoms with Gasteiger partial charge in [0.15, 0.2) is 11.5 Å². The molecule has 0 saturated carbocycles. The molecule has 0 atom stereocenters. The maximum absolute atomic E-state index is 10.5. The van der Waals surface area contributed by atoms with Gasteiger partial charge in [-0.3, -0.25) is 0 Å². The van der Waals surface area contributed by atoms with Crippen LogP contribution in [0.1, 0.15) is 95.2 Å². The molecule has 3 heteroatoms. The van der Waals surface area contributed by atoms with Crippen LogP contribution in [-0.2, 0) is 19.3 Å². The molecule has 0 saturated heterocycles. The van der Waals surface area contributed by atoms with Crippen molar-refractivity contribution in [2.24, 2.45) is 0 Å². The lowest BCUT2D eigenvalue weighted by Crippen LogP contribution is -2.04. The zero-order valence-electron chi connectivity index (χ0n) is 15.8. The van der Waals surface area contributed by atoms with Crippen LogP contribution in [0.4, 0.5) is 0 Å². The number of benzene rings is 1. The smallest absolute Gasteiger partial charge is 0.172 e. The molecular formula is C21H35BrO2. The molecule has 0 amide bonds. The van der Waals surface area contributed by atoms with Crippen LogP contribution >= 0.6 is 15.9 Å². The fourth-order valence-electron chi connectivity index (χ4n) is 3.33. The fourth-order valence-corrected chi connectivity index (χ4v) is 3.96. The fraction of sp³-hybridized carbons (Fsp3) is 0.714. The molecule has 138 valence electrons. The van der Waals surface area contributed by atoms with Crippen LogP contribution in [0.25, 0.3) is 0 Å². The summed E-state index contributed by atoms with van der Waals surface area (Å²) in [6.45, 7) is 6.62. The van der Waals surface area contributed by atoms with Crippen LogP contribution < -0.4 is 0 Å². The van der Waals surface area contributed by atoms with E-state index in [9.17, 15) is 10.2 Å². The number of aromatic hydroxyl groups is 2. The zero-order valence-corrected chi connectivity index (χ0v) is 17.3. The van der Waals surface area contributed by atoms with Gasteiger partial charge in [-0.1, -0.05) is 59.3 Å². The van der Waals surface area contributed by atoms with Gasteiger partial charge in [0.05, 0.1) is 4.47 Å². The number of rotatable bonds is 12. The van der Waals surface area contributed by atoms with Gasteiger partial charge in [-0.15, -0.1) is 0 Å². The van der Waals surface area contributed by atoms with Gasteiger partial charge in [-0.05, 0) is 65.6 Å². The Morgan fingerprint density at radius 3 is 1.46 bits per heavy atom. The predicted molar refractivity (Wildman–Crippen MR) is 107 cm³/mol. The molecule has 24 heavy (non-hydrogen) atoms. The Balaban J connectivity index is 3.19. The van der Waals surface area contributed by atoms with Crippen molar-refractivity contribution in [1.82, 2.24) is 0 Å². The predicted octanol–water partition coefficient (Wildman–Crippen LogP) is 7.06. The summed E-state index contributed by atoms with van der Waals surface area (Å²) in [7, 11) is 0. The third kappa shape index (κ3) is 5.98. The first-order valence-electron chi connectivity index (χ1n) is 9.82. The molecule has 0 unspecified atom stereocenters. The second kappa shape index (κ2) is 11.8. The summed E-state index contributed by atoms with van der Waals surface area (Å²) < 4.78 is 0.710. The van der Waals surface area contributed by atoms with E-state index < -0.39 is 0 Å². The SMILES string of the molecule is CCCCCc1c(O)c(O)c(Br)c(CCCCC)c1CCCCC. The molecular weight excluding hydrogens is 364 g/mol. The standard InChI is InChI=1S/C21H35BrO2/c1-4-7-10-13-16-17(14-11-8-5-2)19(22)21(24)20(23)18(16)15-12-9-6-3/h23-24H,4-15H2,1-3H3. The third-order valence-corrected chi connectivity index (χ3v) is 5.66. The van der Waals surface area contributed by atoms with Gasteiger partial charge < -0.3 is 10.2 Å². The number of hydrogen-bond acceptors (Lipinski definition) is 2. The lowest BCUT2D eigenvalue weighted by Gasteiger charge is -2.20. The van der Waals surface area contributed by atoms with Gasteiger partial charge in [-0.2, -0.15) is 0 Å². The molecule has 1 aromatic carbocycles. The van der Waals surface area contributed by atoms with Crippen molar-refractivity contribution < 1.29 is 10.2 Å². The van der Waals surface area contributed by atoms with E-state index in [0.717, 1.165) is 56.9 Å². The van der Waals surface area contributed by atoms with Gasteiger partial charge >= 0.3 is 0 Å². The molecule has 1 rings (SSSR count). The van der Waals surface area contributed by atoms with Gasteiger partial charge in [0.1, 0.15) is 0 Å². The molecule has 0 fully saturated rings. The Kier molecular flexibility index (Phi) is 10.5. The van der Waals surface area contributed by atoms with E-state index in [1.807, 2.05) is 0 Å². The van der Waals surface area contributed by atoms with Crippen LogP contribution in [0.2, 0.25) is 0 Å². The first-order valence-corrected chi connectivity index (χ1v) is 10.6. The molecule has 0 heterocycles. The van der Waals surface area contributed by atoms with Crippen LogP contribution in [-0.4, -0.2) is 10.2 Å².